The summed E-state index contributed by atoms with van der Waals surface area (Å²) < 4.78 is 10.5. The van der Waals surface area contributed by atoms with Crippen molar-refractivity contribution in [1.82, 2.24) is 5.32 Å². The number of benzene rings is 2. The van der Waals surface area contributed by atoms with Crippen molar-refractivity contribution in [3.05, 3.63) is 53.6 Å². The van der Waals surface area contributed by atoms with Crippen molar-refractivity contribution in [3.8, 4) is 16.9 Å². The van der Waals surface area contributed by atoms with Gasteiger partial charge in [-0.25, -0.2) is 0 Å². The van der Waals surface area contributed by atoms with Crippen LogP contribution in [0.1, 0.15) is 11.1 Å². The van der Waals surface area contributed by atoms with Gasteiger partial charge in [0, 0.05) is 19.2 Å². The highest BCUT2D eigenvalue weighted by molar-refractivity contribution is 5.66. The molecular weight excluding hydrogens is 262 g/mol. The van der Waals surface area contributed by atoms with Gasteiger partial charge in [0.1, 0.15) is 5.75 Å². The van der Waals surface area contributed by atoms with Crippen LogP contribution in [-0.2, 0) is 17.7 Å². The average Bonchev–Trinajstić information content (AvgIpc) is 2.53. The van der Waals surface area contributed by atoms with Crippen LogP contribution in [0, 0.1) is 0 Å². The van der Waals surface area contributed by atoms with Crippen LogP contribution in [0.4, 0.5) is 0 Å². The quantitative estimate of drug-likeness (QED) is 0.847. The minimum Gasteiger partial charge on any atom is -0.496 e. The third-order valence-electron chi connectivity index (χ3n) is 3.53. The molecule has 0 radical (unpaired) electrons. The Morgan fingerprint density at radius 2 is 1.67 bits per heavy atom. The molecule has 3 nitrogen and oxygen atoms in total. The molecule has 112 valence electrons. The van der Waals surface area contributed by atoms with Crippen molar-refractivity contribution in [2.24, 2.45) is 0 Å². The van der Waals surface area contributed by atoms with Gasteiger partial charge in [-0.2, -0.15) is 0 Å². The molecule has 0 bridgehead atoms. The zero-order valence-corrected chi connectivity index (χ0v) is 13.0. The van der Waals surface area contributed by atoms with Crippen molar-refractivity contribution in [2.45, 2.75) is 13.0 Å². The Balaban J connectivity index is 2.22. The summed E-state index contributed by atoms with van der Waals surface area (Å²) in [6.07, 6.45) is 0.949. The minimum absolute atomic E-state index is 0.758. The average molecular weight is 285 g/mol. The van der Waals surface area contributed by atoms with E-state index in [1.54, 1.807) is 14.2 Å². The maximum Gasteiger partial charge on any atom is 0.123 e. The van der Waals surface area contributed by atoms with Crippen molar-refractivity contribution >= 4 is 0 Å². The number of hydrogen-bond donors (Lipinski definition) is 1. The van der Waals surface area contributed by atoms with Gasteiger partial charge >= 0.3 is 0 Å². The highest BCUT2D eigenvalue weighted by Crippen LogP contribution is 2.27. The second kappa shape index (κ2) is 7.81. The van der Waals surface area contributed by atoms with Gasteiger partial charge in [0.05, 0.1) is 13.7 Å². The molecule has 0 saturated carbocycles. The summed E-state index contributed by atoms with van der Waals surface area (Å²) in [5.41, 5.74) is 4.89. The molecule has 0 saturated heterocycles. The molecule has 0 spiro atoms. The number of nitrogens with one attached hydrogen (secondary N) is 1. The predicted octanol–water partition coefficient (Wildman–Crippen LogP) is 3.27. The molecule has 0 fully saturated rings. The van der Waals surface area contributed by atoms with Gasteiger partial charge in [-0.05, 0) is 42.3 Å². The second-order valence-corrected chi connectivity index (χ2v) is 5.00. The van der Waals surface area contributed by atoms with Crippen LogP contribution in [-0.4, -0.2) is 27.9 Å². The van der Waals surface area contributed by atoms with Crippen LogP contribution >= 0.6 is 0 Å². The maximum absolute atomic E-state index is 5.40. The molecule has 3 heteroatoms. The summed E-state index contributed by atoms with van der Waals surface area (Å²) in [4.78, 5) is 0. The van der Waals surface area contributed by atoms with E-state index in [1.165, 1.54) is 22.3 Å². The molecule has 0 aromatic heterocycles. The summed E-state index contributed by atoms with van der Waals surface area (Å²) in [5.74, 6) is 0.921. The maximum atomic E-state index is 5.40. The predicted molar refractivity (Wildman–Crippen MR) is 86.8 cm³/mol. The van der Waals surface area contributed by atoms with E-state index in [4.69, 9.17) is 9.47 Å². The van der Waals surface area contributed by atoms with Gasteiger partial charge in [-0.3, -0.25) is 0 Å². The van der Waals surface area contributed by atoms with E-state index < -0.39 is 0 Å². The van der Waals surface area contributed by atoms with E-state index in [0.29, 0.717) is 0 Å². The summed E-state index contributed by atoms with van der Waals surface area (Å²) in [6, 6.07) is 15.0. The largest absolute Gasteiger partial charge is 0.496 e. The van der Waals surface area contributed by atoms with Crippen molar-refractivity contribution in [2.75, 3.05) is 27.9 Å². The first-order valence-corrected chi connectivity index (χ1v) is 7.18. The first-order valence-electron chi connectivity index (χ1n) is 7.18. The van der Waals surface area contributed by atoms with Crippen LogP contribution in [0.25, 0.3) is 11.1 Å². The summed E-state index contributed by atoms with van der Waals surface area (Å²) >= 11 is 0. The lowest BCUT2D eigenvalue weighted by molar-refractivity contribution is 0.202. The summed E-state index contributed by atoms with van der Waals surface area (Å²) in [5, 5.41) is 3.18. The normalized spacial score (nSPS) is 10.6. The van der Waals surface area contributed by atoms with Crippen LogP contribution < -0.4 is 10.1 Å². The topological polar surface area (TPSA) is 30.5 Å². The molecule has 2 rings (SSSR count). The monoisotopic (exact) mass is 285 g/mol. The van der Waals surface area contributed by atoms with Gasteiger partial charge in [-0.1, -0.05) is 30.3 Å². The van der Waals surface area contributed by atoms with Crippen molar-refractivity contribution in [3.63, 3.8) is 0 Å². The lowest BCUT2D eigenvalue weighted by Gasteiger charge is -2.11. The zero-order chi connectivity index (χ0) is 15.1. The standard InChI is InChI=1S/C18H23NO2/c1-19-13-17-12-16(8-9-18(17)21-3)15-6-4-14(5-7-15)10-11-20-2/h4-9,12,19H,10-11,13H2,1-3H3. The fourth-order valence-corrected chi connectivity index (χ4v) is 2.37. The SMILES string of the molecule is CNCc1cc(-c2ccc(CCOC)cc2)ccc1OC. The molecule has 0 heterocycles. The Labute approximate surface area is 126 Å². The first-order chi connectivity index (χ1) is 10.3. The molecule has 0 aliphatic rings. The highest BCUT2D eigenvalue weighted by Gasteiger charge is 2.05. The molecule has 1 N–H and O–H groups in total. The molecule has 0 aliphatic heterocycles. The molecule has 0 atom stereocenters. The van der Waals surface area contributed by atoms with E-state index in [2.05, 4.69) is 41.7 Å². The van der Waals surface area contributed by atoms with Crippen LogP contribution in [0.15, 0.2) is 42.5 Å². The number of methoxy groups -OCH3 is 2. The molecule has 2 aromatic carbocycles. The summed E-state index contributed by atoms with van der Waals surface area (Å²) in [7, 11) is 5.38. The Bertz CT molecular complexity index is 564. The van der Waals surface area contributed by atoms with E-state index in [1.807, 2.05) is 13.1 Å². The lowest BCUT2D eigenvalue weighted by atomic mass is 10.0. The van der Waals surface area contributed by atoms with E-state index >= 15 is 0 Å². The summed E-state index contributed by atoms with van der Waals surface area (Å²) in [6.45, 7) is 1.55. The Morgan fingerprint density at radius 3 is 2.29 bits per heavy atom. The van der Waals surface area contributed by atoms with Crippen LogP contribution in [0.5, 0.6) is 5.75 Å². The molecule has 0 amide bonds. The first kappa shape index (κ1) is 15.5. The lowest BCUT2D eigenvalue weighted by Crippen LogP contribution is -2.06. The number of rotatable bonds is 7. The van der Waals surface area contributed by atoms with Gasteiger partial charge in [0.15, 0.2) is 0 Å². The third-order valence-corrected chi connectivity index (χ3v) is 3.53. The van der Waals surface area contributed by atoms with Crippen molar-refractivity contribution < 1.29 is 9.47 Å². The van der Waals surface area contributed by atoms with E-state index in [0.717, 1.165) is 25.3 Å². The zero-order valence-electron chi connectivity index (χ0n) is 13.0. The molecule has 0 unspecified atom stereocenters. The number of hydrogen-bond acceptors (Lipinski definition) is 3. The molecule has 0 aliphatic carbocycles. The number of ether oxygens (including phenoxy) is 2. The highest BCUT2D eigenvalue weighted by atomic mass is 16.5. The molecule has 21 heavy (non-hydrogen) atoms. The smallest absolute Gasteiger partial charge is 0.123 e. The van der Waals surface area contributed by atoms with Gasteiger partial charge in [0.25, 0.3) is 0 Å². The van der Waals surface area contributed by atoms with E-state index in [9.17, 15) is 0 Å². The Morgan fingerprint density at radius 1 is 0.952 bits per heavy atom. The minimum atomic E-state index is 0.758. The third kappa shape index (κ3) is 4.06. The van der Waals surface area contributed by atoms with Crippen LogP contribution in [0.3, 0.4) is 0 Å². The second-order valence-electron chi connectivity index (χ2n) is 5.00. The Hall–Kier alpha value is -1.84. The van der Waals surface area contributed by atoms with Gasteiger partial charge < -0.3 is 14.8 Å². The van der Waals surface area contributed by atoms with E-state index in [-0.39, 0.29) is 0 Å². The fourth-order valence-electron chi connectivity index (χ4n) is 2.37. The van der Waals surface area contributed by atoms with Gasteiger partial charge in [0.2, 0.25) is 0 Å². The van der Waals surface area contributed by atoms with Crippen LogP contribution in [0.2, 0.25) is 0 Å². The molecule has 2 aromatic rings. The molecular formula is C18H23NO2. The Kier molecular flexibility index (Phi) is 5.78. The van der Waals surface area contributed by atoms with Crippen molar-refractivity contribution in [1.29, 1.82) is 0 Å². The van der Waals surface area contributed by atoms with Gasteiger partial charge in [-0.15, -0.1) is 0 Å². The fraction of sp³-hybridized carbons (Fsp3) is 0.333.